The van der Waals surface area contributed by atoms with Gasteiger partial charge in [-0.3, -0.25) is 4.79 Å². The highest BCUT2D eigenvalue weighted by Crippen LogP contribution is 2.39. The number of hydrogen-bond acceptors (Lipinski definition) is 3. The number of nitrogens with one attached hydrogen (secondary N) is 1. The molecule has 0 radical (unpaired) electrons. The van der Waals surface area contributed by atoms with E-state index in [-0.39, 0.29) is 32.1 Å². The molecule has 118 valence electrons. The first-order valence-corrected chi connectivity index (χ1v) is 9.23. The van der Waals surface area contributed by atoms with Gasteiger partial charge in [0.25, 0.3) is 9.05 Å². The molecule has 1 aromatic rings. The van der Waals surface area contributed by atoms with Crippen molar-refractivity contribution in [3.63, 3.8) is 0 Å². The summed E-state index contributed by atoms with van der Waals surface area (Å²) >= 11 is 12.2. The smallest absolute Gasteiger partial charge is 0.261 e. The van der Waals surface area contributed by atoms with Gasteiger partial charge in [0.05, 0.1) is 20.6 Å². The molecule has 0 heterocycles. The van der Waals surface area contributed by atoms with Crippen LogP contribution < -0.4 is 5.32 Å². The fourth-order valence-electron chi connectivity index (χ4n) is 1.51. The van der Waals surface area contributed by atoms with Crippen LogP contribution in [0.3, 0.4) is 0 Å². The van der Waals surface area contributed by atoms with Crippen molar-refractivity contribution < 1.29 is 13.2 Å². The van der Waals surface area contributed by atoms with Crippen molar-refractivity contribution >= 4 is 54.5 Å². The molecule has 0 saturated carbocycles. The van der Waals surface area contributed by atoms with Crippen LogP contribution in [0, 0.1) is 12.3 Å². The first-order chi connectivity index (χ1) is 9.41. The van der Waals surface area contributed by atoms with Gasteiger partial charge in [-0.2, -0.15) is 0 Å². The Morgan fingerprint density at radius 1 is 1.33 bits per heavy atom. The van der Waals surface area contributed by atoms with Crippen LogP contribution in [0.4, 0.5) is 5.69 Å². The van der Waals surface area contributed by atoms with Crippen molar-refractivity contribution in [3.05, 3.63) is 21.7 Å². The van der Waals surface area contributed by atoms with E-state index in [1.165, 1.54) is 13.0 Å². The first-order valence-electron chi connectivity index (χ1n) is 6.16. The number of benzene rings is 1. The van der Waals surface area contributed by atoms with Gasteiger partial charge in [-0.05, 0) is 25.0 Å². The predicted octanol–water partition coefficient (Wildman–Crippen LogP) is 4.60. The van der Waals surface area contributed by atoms with Crippen molar-refractivity contribution in [1.29, 1.82) is 0 Å². The maximum atomic E-state index is 12.2. The number of hydrogen-bond donors (Lipinski definition) is 1. The minimum atomic E-state index is -3.97. The van der Waals surface area contributed by atoms with Crippen LogP contribution >= 0.6 is 33.9 Å². The quantitative estimate of drug-likeness (QED) is 0.785. The molecule has 0 spiro atoms. The van der Waals surface area contributed by atoms with E-state index in [0.717, 1.165) is 0 Å². The Morgan fingerprint density at radius 2 is 1.86 bits per heavy atom. The lowest BCUT2D eigenvalue weighted by molar-refractivity contribution is -0.124. The molecule has 0 unspecified atom stereocenters. The van der Waals surface area contributed by atoms with Crippen LogP contribution in [0.1, 0.15) is 32.8 Å². The Balaban J connectivity index is 3.36. The lowest BCUT2D eigenvalue weighted by atomic mass is 9.89. The molecule has 1 amide bonds. The number of amides is 1. The Bertz CT molecular complexity index is 684. The maximum absolute atomic E-state index is 12.2. The van der Waals surface area contributed by atoms with Crippen molar-refractivity contribution in [1.82, 2.24) is 0 Å². The molecular formula is C13H16Cl3NO3S. The van der Waals surface area contributed by atoms with Crippen LogP contribution in [0.15, 0.2) is 11.0 Å². The molecule has 0 saturated heterocycles. The highest BCUT2D eigenvalue weighted by atomic mass is 35.7. The molecule has 0 aliphatic rings. The summed E-state index contributed by atoms with van der Waals surface area (Å²) in [6, 6.07) is 1.18. The molecule has 0 bridgehead atoms. The van der Waals surface area contributed by atoms with Crippen LogP contribution in [-0.2, 0) is 13.8 Å². The van der Waals surface area contributed by atoms with Gasteiger partial charge in [0.1, 0.15) is 0 Å². The SMILES string of the molecule is CCC(C)(C)C(=O)Nc1c(Cl)cc(S(=O)(=O)Cl)c(C)c1Cl. The number of rotatable bonds is 4. The fraction of sp³-hybridized carbons (Fsp3) is 0.462. The monoisotopic (exact) mass is 371 g/mol. The molecule has 0 fully saturated rings. The van der Waals surface area contributed by atoms with Gasteiger partial charge in [-0.1, -0.05) is 44.0 Å². The van der Waals surface area contributed by atoms with Crippen LogP contribution in [0.5, 0.6) is 0 Å². The van der Waals surface area contributed by atoms with E-state index in [4.69, 9.17) is 33.9 Å². The van der Waals surface area contributed by atoms with Crippen molar-refractivity contribution in [3.8, 4) is 0 Å². The zero-order valence-corrected chi connectivity index (χ0v) is 15.1. The minimum absolute atomic E-state index is 0.0186. The number of anilines is 1. The molecule has 0 aromatic heterocycles. The Kier molecular flexibility index (Phi) is 5.59. The van der Waals surface area contributed by atoms with Gasteiger partial charge < -0.3 is 5.32 Å². The summed E-state index contributed by atoms with van der Waals surface area (Å²) < 4.78 is 22.9. The Hall–Kier alpha value is -0.490. The second-order valence-electron chi connectivity index (χ2n) is 5.30. The summed E-state index contributed by atoms with van der Waals surface area (Å²) in [5, 5.41) is 2.72. The number of carbonyl (C=O) groups is 1. The van der Waals surface area contributed by atoms with E-state index < -0.39 is 14.5 Å². The molecular weight excluding hydrogens is 357 g/mol. The van der Waals surface area contributed by atoms with Crippen LogP contribution in [0.2, 0.25) is 10.0 Å². The molecule has 4 nitrogen and oxygen atoms in total. The molecule has 8 heteroatoms. The van der Waals surface area contributed by atoms with Gasteiger partial charge in [-0.25, -0.2) is 8.42 Å². The standard InChI is InChI=1S/C13H16Cl3NO3S/c1-5-13(3,4)12(18)17-11-8(14)6-9(21(16,19)20)7(2)10(11)15/h6H,5H2,1-4H3,(H,17,18). The third-order valence-electron chi connectivity index (χ3n) is 3.41. The van der Waals surface area contributed by atoms with Gasteiger partial charge >= 0.3 is 0 Å². The first kappa shape index (κ1) is 18.6. The third-order valence-corrected chi connectivity index (χ3v) is 5.63. The summed E-state index contributed by atoms with van der Waals surface area (Å²) in [6.45, 7) is 6.95. The summed E-state index contributed by atoms with van der Waals surface area (Å²) in [5.41, 5.74) is -0.176. The summed E-state index contributed by atoms with van der Waals surface area (Å²) in [4.78, 5) is 12.0. The molecule has 21 heavy (non-hydrogen) atoms. The van der Waals surface area contributed by atoms with Crippen molar-refractivity contribution in [2.45, 2.75) is 39.0 Å². The molecule has 0 atom stereocenters. The van der Waals surface area contributed by atoms with Crippen LogP contribution in [-0.4, -0.2) is 14.3 Å². The minimum Gasteiger partial charge on any atom is -0.323 e. The van der Waals surface area contributed by atoms with E-state index in [9.17, 15) is 13.2 Å². The molecule has 0 aliphatic carbocycles. The molecule has 1 aromatic carbocycles. The van der Waals surface area contributed by atoms with E-state index in [2.05, 4.69) is 5.32 Å². The zero-order valence-electron chi connectivity index (χ0n) is 12.1. The van der Waals surface area contributed by atoms with Gasteiger partial charge in [0.2, 0.25) is 5.91 Å². The third kappa shape index (κ3) is 4.03. The van der Waals surface area contributed by atoms with E-state index >= 15 is 0 Å². The largest absolute Gasteiger partial charge is 0.323 e. The topological polar surface area (TPSA) is 63.2 Å². The number of carbonyl (C=O) groups excluding carboxylic acids is 1. The van der Waals surface area contributed by atoms with Gasteiger partial charge in [0.15, 0.2) is 0 Å². The fourth-order valence-corrected chi connectivity index (χ4v) is 3.39. The average Bonchev–Trinajstić information content (AvgIpc) is 2.37. The Morgan fingerprint density at radius 3 is 2.29 bits per heavy atom. The van der Waals surface area contributed by atoms with Gasteiger partial charge in [0, 0.05) is 16.1 Å². The average molecular weight is 373 g/mol. The van der Waals surface area contributed by atoms with E-state index in [1.807, 2.05) is 6.92 Å². The van der Waals surface area contributed by atoms with Crippen molar-refractivity contribution in [2.75, 3.05) is 5.32 Å². The highest BCUT2D eigenvalue weighted by Gasteiger charge is 2.28. The lowest BCUT2D eigenvalue weighted by Gasteiger charge is -2.23. The van der Waals surface area contributed by atoms with E-state index in [0.29, 0.717) is 6.42 Å². The lowest BCUT2D eigenvalue weighted by Crippen LogP contribution is -2.30. The summed E-state index contributed by atoms with van der Waals surface area (Å²) in [7, 11) is 1.36. The van der Waals surface area contributed by atoms with Crippen LogP contribution in [0.25, 0.3) is 0 Å². The summed E-state index contributed by atoms with van der Waals surface area (Å²) in [6.07, 6.45) is 0.626. The zero-order chi connectivity index (χ0) is 16.6. The van der Waals surface area contributed by atoms with Crippen molar-refractivity contribution in [2.24, 2.45) is 5.41 Å². The number of halogens is 3. The van der Waals surface area contributed by atoms with Gasteiger partial charge in [-0.15, -0.1) is 0 Å². The highest BCUT2D eigenvalue weighted by molar-refractivity contribution is 8.13. The summed E-state index contributed by atoms with van der Waals surface area (Å²) in [5.74, 6) is -0.255. The maximum Gasteiger partial charge on any atom is 0.261 e. The van der Waals surface area contributed by atoms with E-state index in [1.54, 1.807) is 13.8 Å². The molecule has 0 aliphatic heterocycles. The predicted molar refractivity (Wildman–Crippen MR) is 86.9 cm³/mol. The Labute approximate surface area is 139 Å². The molecule has 1 N–H and O–H groups in total. The second kappa shape index (κ2) is 6.32. The molecule has 1 rings (SSSR count). The second-order valence-corrected chi connectivity index (χ2v) is 8.62. The normalized spacial score (nSPS) is 12.3.